The number of hydrogen-bond donors (Lipinski definition) is 2. The molecule has 0 bridgehead atoms. The molecule has 1 amide bonds. The number of carbonyl (C=O) groups excluding carboxylic acids is 1. The summed E-state index contributed by atoms with van der Waals surface area (Å²) in [7, 11) is 0. The fraction of sp³-hybridized carbons (Fsp3) is 0.500. The van der Waals surface area contributed by atoms with Gasteiger partial charge in [-0.3, -0.25) is 4.79 Å². The summed E-state index contributed by atoms with van der Waals surface area (Å²) in [4.78, 5) is 11.5. The number of nitrogens with one attached hydrogen (secondary N) is 1. The van der Waals surface area contributed by atoms with Crippen molar-refractivity contribution in [2.24, 2.45) is 5.92 Å². The van der Waals surface area contributed by atoms with Crippen LogP contribution in [-0.4, -0.2) is 24.2 Å². The molecule has 0 aliphatic heterocycles. The first-order chi connectivity index (χ1) is 9.06. The minimum atomic E-state index is -0.773. The molecule has 4 nitrogen and oxygen atoms in total. The van der Waals surface area contributed by atoms with Gasteiger partial charge in [0.25, 0.3) is 5.91 Å². The summed E-state index contributed by atoms with van der Waals surface area (Å²) in [5.41, 5.74) is 0.469. The Hall–Kier alpha value is -1.62. The third kappa shape index (κ3) is 4.21. The molecule has 1 aliphatic rings. The van der Waals surface area contributed by atoms with E-state index in [0.29, 0.717) is 18.0 Å². The minimum Gasteiger partial charge on any atom is -0.483 e. The first kappa shape index (κ1) is 13.8. The zero-order valence-corrected chi connectivity index (χ0v) is 10.9. The summed E-state index contributed by atoms with van der Waals surface area (Å²) in [6.07, 6.45) is 1.55. The lowest BCUT2D eigenvalue weighted by Gasteiger charge is -2.13. The van der Waals surface area contributed by atoms with Crippen molar-refractivity contribution in [1.82, 2.24) is 5.32 Å². The fourth-order valence-electron chi connectivity index (χ4n) is 1.75. The summed E-state index contributed by atoms with van der Waals surface area (Å²) in [5, 5.41) is 12.3. The van der Waals surface area contributed by atoms with E-state index in [1.165, 1.54) is 18.2 Å². The van der Waals surface area contributed by atoms with E-state index < -0.39 is 11.9 Å². The maximum atomic E-state index is 13.1. The third-order valence-electron chi connectivity index (χ3n) is 3.07. The molecule has 104 valence electrons. The molecule has 2 rings (SSSR count). The van der Waals surface area contributed by atoms with Crippen molar-refractivity contribution in [3.05, 3.63) is 29.6 Å². The Kier molecular flexibility index (Phi) is 4.37. The molecule has 0 radical (unpaired) electrons. The summed E-state index contributed by atoms with van der Waals surface area (Å²) < 4.78 is 18.4. The van der Waals surface area contributed by atoms with E-state index >= 15 is 0 Å². The van der Waals surface area contributed by atoms with Crippen molar-refractivity contribution >= 4 is 5.91 Å². The van der Waals surface area contributed by atoms with E-state index in [4.69, 9.17) is 4.74 Å². The van der Waals surface area contributed by atoms with Gasteiger partial charge in [0.2, 0.25) is 0 Å². The monoisotopic (exact) mass is 267 g/mol. The van der Waals surface area contributed by atoms with Gasteiger partial charge in [0.1, 0.15) is 11.6 Å². The molecular formula is C14H18FNO3. The van der Waals surface area contributed by atoms with Gasteiger partial charge in [0, 0.05) is 18.2 Å². The quantitative estimate of drug-likeness (QED) is 0.826. The summed E-state index contributed by atoms with van der Waals surface area (Å²) in [5.74, 6) is 0.119. The van der Waals surface area contributed by atoms with Crippen LogP contribution in [-0.2, 0) is 4.79 Å². The van der Waals surface area contributed by atoms with Gasteiger partial charge in [0.15, 0.2) is 6.61 Å². The number of amides is 1. The van der Waals surface area contributed by atoms with E-state index in [1.807, 2.05) is 0 Å². The standard InChI is InChI=1S/C14H18FNO3/c1-9(17)12-5-4-11(15)6-13(12)19-8-14(18)16-7-10-2-3-10/h4-6,9-10,17H,2-3,7-8H2,1H3,(H,16,18). The van der Waals surface area contributed by atoms with E-state index in [-0.39, 0.29) is 18.3 Å². The van der Waals surface area contributed by atoms with Gasteiger partial charge in [-0.15, -0.1) is 0 Å². The Morgan fingerprint density at radius 3 is 2.95 bits per heavy atom. The number of rotatable bonds is 6. The van der Waals surface area contributed by atoms with Crippen molar-refractivity contribution in [3.63, 3.8) is 0 Å². The highest BCUT2D eigenvalue weighted by molar-refractivity contribution is 5.77. The van der Waals surface area contributed by atoms with Crippen LogP contribution in [0.1, 0.15) is 31.4 Å². The number of benzene rings is 1. The number of hydrogen-bond acceptors (Lipinski definition) is 3. The van der Waals surface area contributed by atoms with Crippen LogP contribution < -0.4 is 10.1 Å². The first-order valence-corrected chi connectivity index (χ1v) is 6.43. The maximum absolute atomic E-state index is 13.1. The molecule has 1 aromatic carbocycles. The number of ether oxygens (including phenoxy) is 1. The Morgan fingerprint density at radius 2 is 2.32 bits per heavy atom. The Morgan fingerprint density at radius 1 is 1.58 bits per heavy atom. The fourth-order valence-corrected chi connectivity index (χ4v) is 1.75. The van der Waals surface area contributed by atoms with Crippen LogP contribution in [0.15, 0.2) is 18.2 Å². The molecule has 1 saturated carbocycles. The molecule has 1 aromatic rings. The highest BCUT2D eigenvalue weighted by Crippen LogP contribution is 2.28. The van der Waals surface area contributed by atoms with Crippen LogP contribution in [0.5, 0.6) is 5.75 Å². The summed E-state index contributed by atoms with van der Waals surface area (Å²) >= 11 is 0. The minimum absolute atomic E-state index is 0.171. The predicted octanol–water partition coefficient (Wildman–Crippen LogP) is 1.78. The zero-order valence-electron chi connectivity index (χ0n) is 10.9. The molecular weight excluding hydrogens is 249 g/mol. The summed E-state index contributed by atoms with van der Waals surface area (Å²) in [6, 6.07) is 3.88. The molecule has 5 heteroatoms. The van der Waals surface area contributed by atoms with Crippen molar-refractivity contribution in [2.45, 2.75) is 25.9 Å². The topological polar surface area (TPSA) is 58.6 Å². The van der Waals surface area contributed by atoms with Crippen molar-refractivity contribution in [3.8, 4) is 5.75 Å². The number of carbonyl (C=O) groups is 1. The van der Waals surface area contributed by atoms with Gasteiger partial charge < -0.3 is 15.2 Å². The lowest BCUT2D eigenvalue weighted by Crippen LogP contribution is -2.30. The molecule has 1 aliphatic carbocycles. The largest absolute Gasteiger partial charge is 0.483 e. The second-order valence-corrected chi connectivity index (χ2v) is 4.89. The lowest BCUT2D eigenvalue weighted by atomic mass is 10.1. The van der Waals surface area contributed by atoms with Crippen LogP contribution in [0.25, 0.3) is 0 Å². The number of aliphatic hydroxyl groups excluding tert-OH is 1. The molecule has 0 spiro atoms. The Labute approximate surface area is 111 Å². The van der Waals surface area contributed by atoms with E-state index in [0.717, 1.165) is 12.8 Å². The lowest BCUT2D eigenvalue weighted by molar-refractivity contribution is -0.123. The third-order valence-corrected chi connectivity index (χ3v) is 3.07. The van der Waals surface area contributed by atoms with E-state index in [9.17, 15) is 14.3 Å². The van der Waals surface area contributed by atoms with Crippen molar-refractivity contribution in [1.29, 1.82) is 0 Å². The second-order valence-electron chi connectivity index (χ2n) is 4.89. The average molecular weight is 267 g/mol. The average Bonchev–Trinajstić information content (AvgIpc) is 3.17. The Balaban J connectivity index is 1.89. The van der Waals surface area contributed by atoms with Crippen LogP contribution in [0.2, 0.25) is 0 Å². The van der Waals surface area contributed by atoms with Gasteiger partial charge in [-0.25, -0.2) is 4.39 Å². The SMILES string of the molecule is CC(O)c1ccc(F)cc1OCC(=O)NCC1CC1. The number of aliphatic hydroxyl groups is 1. The normalized spacial score (nSPS) is 15.9. The van der Waals surface area contributed by atoms with Gasteiger partial charge >= 0.3 is 0 Å². The molecule has 0 heterocycles. The summed E-state index contributed by atoms with van der Waals surface area (Å²) in [6.45, 7) is 2.07. The van der Waals surface area contributed by atoms with E-state index in [1.54, 1.807) is 6.92 Å². The molecule has 1 fully saturated rings. The highest BCUT2D eigenvalue weighted by Gasteiger charge is 2.21. The van der Waals surface area contributed by atoms with Crippen LogP contribution in [0, 0.1) is 11.7 Å². The van der Waals surface area contributed by atoms with Crippen LogP contribution in [0.4, 0.5) is 4.39 Å². The van der Waals surface area contributed by atoms with Gasteiger partial charge in [-0.2, -0.15) is 0 Å². The number of halogens is 1. The molecule has 0 aromatic heterocycles. The molecule has 0 saturated heterocycles. The Bertz CT molecular complexity index is 458. The van der Waals surface area contributed by atoms with Crippen LogP contribution in [0.3, 0.4) is 0 Å². The molecule has 1 unspecified atom stereocenters. The first-order valence-electron chi connectivity index (χ1n) is 6.43. The highest BCUT2D eigenvalue weighted by atomic mass is 19.1. The molecule has 2 N–H and O–H groups in total. The van der Waals surface area contributed by atoms with Crippen LogP contribution >= 0.6 is 0 Å². The van der Waals surface area contributed by atoms with Gasteiger partial charge in [0.05, 0.1) is 6.10 Å². The maximum Gasteiger partial charge on any atom is 0.257 e. The zero-order chi connectivity index (χ0) is 13.8. The smallest absolute Gasteiger partial charge is 0.257 e. The van der Waals surface area contributed by atoms with Crippen molar-refractivity contribution < 1.29 is 19.0 Å². The van der Waals surface area contributed by atoms with E-state index in [2.05, 4.69) is 5.32 Å². The van der Waals surface area contributed by atoms with Crippen molar-refractivity contribution in [2.75, 3.05) is 13.2 Å². The second kappa shape index (κ2) is 6.02. The predicted molar refractivity (Wildman–Crippen MR) is 68.3 cm³/mol. The van der Waals surface area contributed by atoms with Gasteiger partial charge in [-0.05, 0) is 37.8 Å². The van der Waals surface area contributed by atoms with Gasteiger partial charge in [-0.1, -0.05) is 0 Å². The molecule has 1 atom stereocenters. The molecule has 19 heavy (non-hydrogen) atoms.